The standard InChI is InChI=1S/C22H27N5O2S/c1-16-14-17(27-12-10-25(2)11-13-27)4-6-19(16)24-21(28)20-7-5-18(29-20)15-30-22-23-8-9-26(22)3/h4-9,14H,10-13,15H2,1-3H3,(H,24,28). The van der Waals surface area contributed by atoms with Crippen molar-refractivity contribution in [2.24, 2.45) is 7.05 Å². The first-order chi connectivity index (χ1) is 14.5. The molecule has 4 rings (SSSR count). The van der Waals surface area contributed by atoms with Gasteiger partial charge in [-0.2, -0.15) is 0 Å². The van der Waals surface area contributed by atoms with Crippen molar-refractivity contribution in [3.8, 4) is 0 Å². The van der Waals surface area contributed by atoms with Crippen LogP contribution in [0.4, 0.5) is 11.4 Å². The third-order valence-corrected chi connectivity index (χ3v) is 6.41. The number of rotatable bonds is 6. The second kappa shape index (κ2) is 8.97. The summed E-state index contributed by atoms with van der Waals surface area (Å²) in [4.78, 5) is 21.7. The number of nitrogens with zero attached hydrogens (tertiary/aromatic N) is 4. The summed E-state index contributed by atoms with van der Waals surface area (Å²) in [5.74, 6) is 1.44. The van der Waals surface area contributed by atoms with Gasteiger partial charge in [-0.05, 0) is 49.9 Å². The Kier molecular flexibility index (Phi) is 6.15. The second-order valence-electron chi connectivity index (χ2n) is 7.62. The highest BCUT2D eigenvalue weighted by atomic mass is 32.2. The lowest BCUT2D eigenvalue weighted by Crippen LogP contribution is -2.44. The summed E-state index contributed by atoms with van der Waals surface area (Å²) in [6.07, 6.45) is 3.67. The van der Waals surface area contributed by atoms with Gasteiger partial charge in [0.25, 0.3) is 5.91 Å². The molecule has 1 aromatic carbocycles. The van der Waals surface area contributed by atoms with Gasteiger partial charge >= 0.3 is 0 Å². The molecule has 0 aliphatic carbocycles. The lowest BCUT2D eigenvalue weighted by Gasteiger charge is -2.34. The Bertz CT molecular complexity index is 1020. The molecule has 3 heterocycles. The van der Waals surface area contributed by atoms with E-state index in [1.54, 1.807) is 24.0 Å². The molecule has 8 heteroatoms. The Morgan fingerprint density at radius 3 is 2.67 bits per heavy atom. The van der Waals surface area contributed by atoms with Crippen LogP contribution in [-0.2, 0) is 12.8 Å². The number of carbonyl (C=O) groups is 1. The number of piperazine rings is 1. The number of carbonyl (C=O) groups excluding carboxylic acids is 1. The first-order valence-corrected chi connectivity index (χ1v) is 11.0. The zero-order valence-electron chi connectivity index (χ0n) is 17.6. The SMILES string of the molecule is Cc1cc(N2CCN(C)CC2)ccc1NC(=O)c1ccc(CSc2nccn2C)o1. The third kappa shape index (κ3) is 4.71. The van der Waals surface area contributed by atoms with Crippen molar-refractivity contribution in [3.63, 3.8) is 0 Å². The van der Waals surface area contributed by atoms with Crippen LogP contribution in [-0.4, -0.2) is 53.6 Å². The van der Waals surface area contributed by atoms with Crippen molar-refractivity contribution in [3.05, 3.63) is 59.8 Å². The van der Waals surface area contributed by atoms with Crippen LogP contribution in [0.15, 0.2) is 52.3 Å². The fourth-order valence-electron chi connectivity index (χ4n) is 3.44. The Morgan fingerprint density at radius 1 is 1.17 bits per heavy atom. The normalized spacial score (nSPS) is 14.8. The number of imidazole rings is 1. The van der Waals surface area contributed by atoms with Crippen LogP contribution >= 0.6 is 11.8 Å². The first kappa shape index (κ1) is 20.6. The van der Waals surface area contributed by atoms with E-state index < -0.39 is 0 Å². The fraction of sp³-hybridized carbons (Fsp3) is 0.364. The number of anilines is 2. The Labute approximate surface area is 181 Å². The summed E-state index contributed by atoms with van der Waals surface area (Å²) in [5.41, 5.74) is 3.04. The van der Waals surface area contributed by atoms with Gasteiger partial charge in [-0.15, -0.1) is 0 Å². The zero-order chi connectivity index (χ0) is 21.1. The molecule has 0 radical (unpaired) electrons. The summed E-state index contributed by atoms with van der Waals surface area (Å²) in [5, 5.41) is 3.88. The van der Waals surface area contributed by atoms with Crippen LogP contribution in [0.1, 0.15) is 21.9 Å². The van der Waals surface area contributed by atoms with Gasteiger partial charge in [-0.25, -0.2) is 4.98 Å². The Balaban J connectivity index is 1.36. The molecule has 1 N–H and O–H groups in total. The minimum atomic E-state index is -0.237. The lowest BCUT2D eigenvalue weighted by atomic mass is 10.1. The molecule has 0 saturated carbocycles. The molecular weight excluding hydrogens is 398 g/mol. The lowest BCUT2D eigenvalue weighted by molar-refractivity contribution is 0.0995. The molecule has 2 aromatic heterocycles. The number of amides is 1. The maximum Gasteiger partial charge on any atom is 0.291 e. The Morgan fingerprint density at radius 2 is 1.97 bits per heavy atom. The van der Waals surface area contributed by atoms with E-state index in [4.69, 9.17) is 4.42 Å². The van der Waals surface area contributed by atoms with Crippen molar-refractivity contribution in [2.75, 3.05) is 43.4 Å². The number of hydrogen-bond acceptors (Lipinski definition) is 6. The average molecular weight is 426 g/mol. The number of benzene rings is 1. The monoisotopic (exact) mass is 425 g/mol. The van der Waals surface area contributed by atoms with Crippen LogP contribution in [0.2, 0.25) is 0 Å². The average Bonchev–Trinajstić information content (AvgIpc) is 3.37. The highest BCUT2D eigenvalue weighted by Crippen LogP contribution is 2.25. The molecule has 0 unspecified atom stereocenters. The van der Waals surface area contributed by atoms with Gasteiger partial charge < -0.3 is 24.1 Å². The number of thioether (sulfide) groups is 1. The van der Waals surface area contributed by atoms with E-state index in [1.165, 1.54) is 5.69 Å². The maximum absolute atomic E-state index is 12.6. The zero-order valence-corrected chi connectivity index (χ0v) is 18.4. The minimum Gasteiger partial charge on any atom is -0.455 e. The summed E-state index contributed by atoms with van der Waals surface area (Å²) >= 11 is 1.57. The topological polar surface area (TPSA) is 66.5 Å². The number of nitrogens with one attached hydrogen (secondary N) is 1. The van der Waals surface area contributed by atoms with Gasteiger partial charge in [0.05, 0.1) is 5.75 Å². The van der Waals surface area contributed by atoms with E-state index in [0.717, 1.165) is 48.3 Å². The highest BCUT2D eigenvalue weighted by molar-refractivity contribution is 7.98. The minimum absolute atomic E-state index is 0.237. The molecule has 3 aromatic rings. The van der Waals surface area contributed by atoms with Gasteiger partial charge in [-0.1, -0.05) is 11.8 Å². The highest BCUT2D eigenvalue weighted by Gasteiger charge is 2.17. The van der Waals surface area contributed by atoms with E-state index in [2.05, 4.69) is 39.3 Å². The van der Waals surface area contributed by atoms with Crippen LogP contribution in [0.3, 0.4) is 0 Å². The molecule has 7 nitrogen and oxygen atoms in total. The smallest absolute Gasteiger partial charge is 0.291 e. The largest absolute Gasteiger partial charge is 0.455 e. The van der Waals surface area contributed by atoms with Gasteiger partial charge in [0.2, 0.25) is 0 Å². The molecular formula is C22H27N5O2S. The van der Waals surface area contributed by atoms with Gasteiger partial charge in [-0.3, -0.25) is 4.79 Å². The van der Waals surface area contributed by atoms with Gasteiger partial charge in [0.1, 0.15) is 5.76 Å². The molecule has 1 fully saturated rings. The summed E-state index contributed by atoms with van der Waals surface area (Å²) in [6.45, 7) is 6.19. The van der Waals surface area contributed by atoms with Gasteiger partial charge in [0.15, 0.2) is 10.9 Å². The molecule has 1 saturated heterocycles. The van der Waals surface area contributed by atoms with Crippen molar-refractivity contribution in [1.29, 1.82) is 0 Å². The van der Waals surface area contributed by atoms with E-state index in [-0.39, 0.29) is 5.91 Å². The Hall–Kier alpha value is -2.71. The van der Waals surface area contributed by atoms with Crippen LogP contribution in [0.5, 0.6) is 0 Å². The van der Waals surface area contributed by atoms with Crippen molar-refractivity contribution >= 4 is 29.0 Å². The number of furan rings is 1. The van der Waals surface area contributed by atoms with Crippen LogP contribution in [0, 0.1) is 6.92 Å². The van der Waals surface area contributed by atoms with Crippen molar-refractivity contribution in [2.45, 2.75) is 17.8 Å². The van der Waals surface area contributed by atoms with E-state index in [1.807, 2.05) is 36.9 Å². The molecule has 1 amide bonds. The molecule has 1 aliphatic rings. The van der Waals surface area contributed by atoms with Gasteiger partial charge in [0, 0.05) is 57.0 Å². The molecule has 158 valence electrons. The quantitative estimate of drug-likeness (QED) is 0.609. The summed E-state index contributed by atoms with van der Waals surface area (Å²) < 4.78 is 7.70. The predicted octanol–water partition coefficient (Wildman–Crippen LogP) is 3.62. The fourth-order valence-corrected chi connectivity index (χ4v) is 4.26. The molecule has 0 atom stereocenters. The second-order valence-corrected chi connectivity index (χ2v) is 8.56. The van der Waals surface area contributed by atoms with Crippen LogP contribution in [0.25, 0.3) is 0 Å². The first-order valence-electron chi connectivity index (χ1n) is 10.0. The molecule has 0 spiro atoms. The number of aryl methyl sites for hydroxylation is 2. The number of hydrogen-bond donors (Lipinski definition) is 1. The van der Waals surface area contributed by atoms with Crippen molar-refractivity contribution in [1.82, 2.24) is 14.5 Å². The summed E-state index contributed by atoms with van der Waals surface area (Å²) in [7, 11) is 4.10. The molecule has 0 bridgehead atoms. The van der Waals surface area contributed by atoms with Crippen molar-refractivity contribution < 1.29 is 9.21 Å². The number of aromatic nitrogens is 2. The summed E-state index contributed by atoms with van der Waals surface area (Å²) in [6, 6.07) is 9.75. The maximum atomic E-state index is 12.6. The van der Waals surface area contributed by atoms with Crippen LogP contribution < -0.4 is 10.2 Å². The van der Waals surface area contributed by atoms with E-state index in [0.29, 0.717) is 11.5 Å². The molecule has 30 heavy (non-hydrogen) atoms. The predicted molar refractivity (Wildman–Crippen MR) is 120 cm³/mol. The molecule has 1 aliphatic heterocycles. The third-order valence-electron chi connectivity index (χ3n) is 5.33. The number of likely N-dealkylation sites (N-methyl/N-ethyl adjacent to an activating group) is 1. The van der Waals surface area contributed by atoms with E-state index >= 15 is 0 Å². The van der Waals surface area contributed by atoms with E-state index in [9.17, 15) is 4.79 Å².